The normalized spacial score (nSPS) is 10.7. The van der Waals surface area contributed by atoms with E-state index in [9.17, 15) is 9.90 Å². The summed E-state index contributed by atoms with van der Waals surface area (Å²) in [7, 11) is 1.50. The van der Waals surface area contributed by atoms with Gasteiger partial charge in [-0.05, 0) is 12.1 Å². The van der Waals surface area contributed by atoms with E-state index in [1.807, 2.05) is 6.07 Å². The molecule has 1 N–H and O–H groups in total. The Balaban J connectivity index is 2.40. The average Bonchev–Trinajstić information content (AvgIpc) is 2.51. The lowest BCUT2D eigenvalue weighted by Gasteiger charge is -2.08. The fourth-order valence-corrected chi connectivity index (χ4v) is 2.13. The molecule has 0 radical (unpaired) electrons. The van der Waals surface area contributed by atoms with Crippen LogP contribution in [0.4, 0.5) is 0 Å². The van der Waals surface area contributed by atoms with E-state index in [1.165, 1.54) is 7.11 Å². The lowest BCUT2D eigenvalue weighted by molar-refractivity contribution is 0.405. The van der Waals surface area contributed by atoms with Crippen LogP contribution >= 0.6 is 0 Å². The van der Waals surface area contributed by atoms with Crippen molar-refractivity contribution in [1.82, 2.24) is 0 Å². The molecule has 0 fully saturated rings. The molecule has 0 aliphatic heterocycles. The molecule has 20 heavy (non-hydrogen) atoms. The van der Waals surface area contributed by atoms with Crippen LogP contribution in [0.5, 0.6) is 11.5 Å². The summed E-state index contributed by atoms with van der Waals surface area (Å²) < 4.78 is 10.9. The molecular formula is C16H12O4. The van der Waals surface area contributed by atoms with Crippen LogP contribution in [0.15, 0.2) is 57.7 Å². The van der Waals surface area contributed by atoms with Crippen molar-refractivity contribution in [3.63, 3.8) is 0 Å². The van der Waals surface area contributed by atoms with Crippen molar-refractivity contribution in [2.24, 2.45) is 0 Å². The second kappa shape index (κ2) is 4.74. The third-order valence-electron chi connectivity index (χ3n) is 3.11. The average molecular weight is 268 g/mol. The van der Waals surface area contributed by atoms with Gasteiger partial charge in [-0.1, -0.05) is 36.4 Å². The van der Waals surface area contributed by atoms with Crippen LogP contribution in [-0.2, 0) is 0 Å². The third-order valence-corrected chi connectivity index (χ3v) is 3.11. The number of para-hydroxylation sites is 1. The highest BCUT2D eigenvalue weighted by Gasteiger charge is 2.17. The van der Waals surface area contributed by atoms with Gasteiger partial charge in [0.1, 0.15) is 0 Å². The minimum absolute atomic E-state index is 0.146. The fourth-order valence-electron chi connectivity index (χ4n) is 2.13. The zero-order chi connectivity index (χ0) is 14.1. The SMILES string of the molecule is COc1cccc2c(=O)c(O)c(-c3ccccc3)oc12. The number of methoxy groups -OCH3 is 1. The van der Waals surface area contributed by atoms with Gasteiger partial charge >= 0.3 is 0 Å². The van der Waals surface area contributed by atoms with Gasteiger partial charge in [-0.15, -0.1) is 0 Å². The lowest BCUT2D eigenvalue weighted by atomic mass is 10.1. The molecule has 4 nitrogen and oxygen atoms in total. The quantitative estimate of drug-likeness (QED) is 0.775. The van der Waals surface area contributed by atoms with Gasteiger partial charge in [-0.25, -0.2) is 0 Å². The van der Waals surface area contributed by atoms with Gasteiger partial charge in [0, 0.05) is 5.56 Å². The number of hydrogen-bond acceptors (Lipinski definition) is 4. The Morgan fingerprint density at radius 2 is 1.80 bits per heavy atom. The summed E-state index contributed by atoms with van der Waals surface area (Å²) in [6.45, 7) is 0. The molecular weight excluding hydrogens is 256 g/mol. The Labute approximate surface area is 114 Å². The summed E-state index contributed by atoms with van der Waals surface area (Å²) in [5.74, 6) is 0.210. The van der Waals surface area contributed by atoms with Crippen LogP contribution < -0.4 is 10.2 Å². The van der Waals surface area contributed by atoms with Crippen molar-refractivity contribution in [3.8, 4) is 22.8 Å². The molecule has 4 heteroatoms. The van der Waals surface area contributed by atoms with E-state index in [4.69, 9.17) is 9.15 Å². The molecule has 0 unspecified atom stereocenters. The predicted octanol–water partition coefficient (Wildman–Crippen LogP) is 3.17. The van der Waals surface area contributed by atoms with E-state index in [0.29, 0.717) is 22.3 Å². The second-order valence-corrected chi connectivity index (χ2v) is 4.31. The number of benzene rings is 2. The molecule has 0 bridgehead atoms. The summed E-state index contributed by atoms with van der Waals surface area (Å²) in [6.07, 6.45) is 0. The highest BCUT2D eigenvalue weighted by atomic mass is 16.5. The molecule has 3 rings (SSSR count). The largest absolute Gasteiger partial charge is 0.502 e. The minimum Gasteiger partial charge on any atom is -0.502 e. The molecule has 1 heterocycles. The minimum atomic E-state index is -0.469. The first-order chi connectivity index (χ1) is 9.72. The zero-order valence-corrected chi connectivity index (χ0v) is 10.8. The van der Waals surface area contributed by atoms with Crippen LogP contribution in [0.3, 0.4) is 0 Å². The van der Waals surface area contributed by atoms with Crippen molar-refractivity contribution in [1.29, 1.82) is 0 Å². The van der Waals surface area contributed by atoms with E-state index in [0.717, 1.165) is 0 Å². The summed E-state index contributed by atoms with van der Waals surface area (Å²) in [4.78, 5) is 12.2. The van der Waals surface area contributed by atoms with E-state index >= 15 is 0 Å². The molecule has 1 aromatic heterocycles. The first-order valence-corrected chi connectivity index (χ1v) is 6.10. The smallest absolute Gasteiger partial charge is 0.235 e. The van der Waals surface area contributed by atoms with Gasteiger partial charge in [-0.3, -0.25) is 4.79 Å². The van der Waals surface area contributed by atoms with Gasteiger partial charge in [0.15, 0.2) is 17.1 Å². The maximum absolute atomic E-state index is 12.2. The Kier molecular flexibility index (Phi) is 2.91. The second-order valence-electron chi connectivity index (χ2n) is 4.31. The van der Waals surface area contributed by atoms with Crippen LogP contribution in [0.1, 0.15) is 0 Å². The molecule has 2 aromatic carbocycles. The van der Waals surface area contributed by atoms with Crippen molar-refractivity contribution in [2.75, 3.05) is 7.11 Å². The maximum Gasteiger partial charge on any atom is 0.235 e. The molecule has 0 aliphatic carbocycles. The highest BCUT2D eigenvalue weighted by Crippen LogP contribution is 2.33. The molecule has 0 atom stereocenters. The van der Waals surface area contributed by atoms with E-state index < -0.39 is 11.2 Å². The van der Waals surface area contributed by atoms with Crippen molar-refractivity contribution in [2.45, 2.75) is 0 Å². The van der Waals surface area contributed by atoms with Crippen molar-refractivity contribution >= 4 is 11.0 Å². The summed E-state index contributed by atoms with van der Waals surface area (Å²) in [5.41, 5.74) is 0.496. The van der Waals surface area contributed by atoms with Crippen molar-refractivity contribution in [3.05, 3.63) is 58.8 Å². The molecule has 100 valence electrons. The Morgan fingerprint density at radius 1 is 1.05 bits per heavy atom. The summed E-state index contributed by atoms with van der Waals surface area (Å²) in [6, 6.07) is 14.0. The van der Waals surface area contributed by atoms with E-state index in [2.05, 4.69) is 0 Å². The molecule has 0 amide bonds. The van der Waals surface area contributed by atoms with Gasteiger partial charge < -0.3 is 14.3 Å². The van der Waals surface area contributed by atoms with Gasteiger partial charge in [0.25, 0.3) is 0 Å². The first-order valence-electron chi connectivity index (χ1n) is 6.10. The standard InChI is InChI=1S/C16H12O4/c1-19-12-9-5-8-11-13(17)14(18)15(20-16(11)12)10-6-3-2-4-7-10/h2-9,18H,1H3. The molecule has 0 saturated carbocycles. The Hall–Kier alpha value is -2.75. The maximum atomic E-state index is 12.2. The zero-order valence-electron chi connectivity index (χ0n) is 10.8. The third kappa shape index (κ3) is 1.82. The number of fused-ring (bicyclic) bond motifs is 1. The number of rotatable bonds is 2. The van der Waals surface area contributed by atoms with Crippen molar-refractivity contribution < 1.29 is 14.3 Å². The summed E-state index contributed by atoms with van der Waals surface area (Å²) in [5, 5.41) is 10.4. The van der Waals surface area contributed by atoms with E-state index in [1.54, 1.807) is 42.5 Å². The van der Waals surface area contributed by atoms with Crippen LogP contribution in [0.2, 0.25) is 0 Å². The van der Waals surface area contributed by atoms with Gasteiger partial charge in [-0.2, -0.15) is 0 Å². The number of ether oxygens (including phenoxy) is 1. The fraction of sp³-hybridized carbons (Fsp3) is 0.0625. The number of hydrogen-bond donors (Lipinski definition) is 1. The highest BCUT2D eigenvalue weighted by molar-refractivity contribution is 5.86. The van der Waals surface area contributed by atoms with Crippen LogP contribution in [-0.4, -0.2) is 12.2 Å². The topological polar surface area (TPSA) is 59.7 Å². The molecule has 0 spiro atoms. The monoisotopic (exact) mass is 268 g/mol. The summed E-state index contributed by atoms with van der Waals surface area (Å²) >= 11 is 0. The van der Waals surface area contributed by atoms with Crippen LogP contribution in [0.25, 0.3) is 22.3 Å². The van der Waals surface area contributed by atoms with Gasteiger partial charge in [0.05, 0.1) is 12.5 Å². The van der Waals surface area contributed by atoms with Crippen LogP contribution in [0, 0.1) is 0 Å². The Bertz CT molecular complexity index is 819. The molecule has 0 aliphatic rings. The van der Waals surface area contributed by atoms with Gasteiger partial charge in [0.2, 0.25) is 11.2 Å². The number of aromatic hydroxyl groups is 1. The predicted molar refractivity (Wildman–Crippen MR) is 76.1 cm³/mol. The first kappa shape index (κ1) is 12.3. The Morgan fingerprint density at radius 3 is 2.50 bits per heavy atom. The molecule has 3 aromatic rings. The molecule has 0 saturated heterocycles. The lowest BCUT2D eigenvalue weighted by Crippen LogP contribution is -2.03. The van der Waals surface area contributed by atoms with E-state index in [-0.39, 0.29) is 5.76 Å².